The largest absolute Gasteiger partial charge is 0.393 e. The van der Waals surface area contributed by atoms with Gasteiger partial charge in [-0.05, 0) is 89.2 Å². The van der Waals surface area contributed by atoms with E-state index in [0.29, 0.717) is 51.6 Å². The average molecular weight is 976 g/mol. The summed E-state index contributed by atoms with van der Waals surface area (Å²) in [6.07, 6.45) is 3.76. The van der Waals surface area contributed by atoms with Gasteiger partial charge in [-0.1, -0.05) is 84.2 Å². The highest BCUT2D eigenvalue weighted by Crippen LogP contribution is 2.38. The Bertz CT molecular complexity index is 2610. The molecule has 5 atom stereocenters. The lowest BCUT2D eigenvalue weighted by molar-refractivity contribution is -0.576. The zero-order valence-electron chi connectivity index (χ0n) is 42.2. The average Bonchev–Trinajstić information content (AvgIpc) is 4.09. The summed E-state index contributed by atoms with van der Waals surface area (Å²) in [5, 5.41) is 25.5. The lowest BCUT2D eigenvalue weighted by atomic mass is 9.76. The zero-order chi connectivity index (χ0) is 50.1. The molecule has 2 aliphatic heterocycles. The predicted molar refractivity (Wildman–Crippen MR) is 271 cm³/mol. The molecule has 374 valence electrons. The minimum absolute atomic E-state index is 0.0404. The van der Waals surface area contributed by atoms with Crippen LogP contribution in [-0.2, 0) is 35.1 Å². The summed E-state index contributed by atoms with van der Waals surface area (Å²) in [7, 11) is 0. The molecule has 1 saturated carbocycles. The number of aliphatic hydroxyl groups is 1. The van der Waals surface area contributed by atoms with Gasteiger partial charge >= 0.3 is 0 Å². The highest BCUT2D eigenvalue weighted by atomic mass is 32.1. The number of amides is 2. The van der Waals surface area contributed by atoms with Crippen molar-refractivity contribution in [1.82, 2.24) is 30.5 Å². The molecule has 1 aliphatic carbocycles. The first-order chi connectivity index (χ1) is 33.5. The molecule has 4 aromatic rings. The summed E-state index contributed by atoms with van der Waals surface area (Å²) in [6, 6.07) is 15.1. The van der Waals surface area contributed by atoms with Gasteiger partial charge < -0.3 is 25.2 Å². The number of aliphatic hydroxyl groups excluding tert-OH is 1. The number of aromatic nitrogens is 4. The lowest BCUT2D eigenvalue weighted by Gasteiger charge is -2.33. The number of benzene rings is 2. The Morgan fingerprint density at radius 3 is 2.27 bits per heavy atom. The van der Waals surface area contributed by atoms with E-state index in [9.17, 15) is 24.3 Å². The fraction of sp³-hybridized carbons (Fsp3) is 0.537. The molecular formula is C54H71N8O7S+. The Labute approximate surface area is 416 Å². The number of aliphatic imine (C=N–C) groups is 1. The summed E-state index contributed by atoms with van der Waals surface area (Å²) in [5.74, 6) is -0.641. The molecule has 0 saturated heterocycles. The van der Waals surface area contributed by atoms with E-state index in [1.54, 1.807) is 11.3 Å². The summed E-state index contributed by atoms with van der Waals surface area (Å²) in [5.41, 5.74) is 10.8. The molecule has 1 fully saturated rings. The number of thiazole rings is 1. The number of Topliss-reactive ketones (excluding diaryl/α,β-unsaturated/α-hetero) is 2. The van der Waals surface area contributed by atoms with Crippen LogP contribution in [0.15, 0.2) is 70.2 Å². The van der Waals surface area contributed by atoms with Gasteiger partial charge in [0.1, 0.15) is 24.1 Å². The Kier molecular flexibility index (Phi) is 17.6. The third-order valence-corrected chi connectivity index (χ3v) is 14.7. The molecule has 16 heteroatoms. The first-order valence-electron chi connectivity index (χ1n) is 24.8. The van der Waals surface area contributed by atoms with Crippen molar-refractivity contribution >= 4 is 46.1 Å². The standard InChI is InChI=1S/C54H70N8O7S/c1-33-13-18-39(19-14-33)48-49-35(3)34(2)30-61(49)62-37(5)59-60-53(62)44(57-48)29-46(65)55-23-10-9-11-24-68-25-12-26-69-31-47(66)58-52(54(6,7)8)50(67)43-28-41(63)27-42(43)45(64)22-17-38-15-20-40(21-16-38)51-36(4)56-32-70-51/h13-16,18-21,32,41-44,52,63H,9-12,17,22-31H2,1-8H3,(H-,55,58,65,66)/p+1/t41?,42-,43?,44?,52-/m1/s1. The summed E-state index contributed by atoms with van der Waals surface area (Å²) in [6.45, 7) is 18.3. The van der Waals surface area contributed by atoms with Gasteiger partial charge in [0.05, 0.1) is 34.6 Å². The fourth-order valence-electron chi connectivity index (χ4n) is 9.68. The number of carbonyl (C=O) groups excluding carboxylic acids is 4. The fourth-order valence-corrected chi connectivity index (χ4v) is 10.5. The Hall–Kier alpha value is -5.55. The van der Waals surface area contributed by atoms with Crippen LogP contribution in [-0.4, -0.2) is 116 Å². The van der Waals surface area contributed by atoms with Crippen molar-refractivity contribution in [3.8, 4) is 10.4 Å². The van der Waals surface area contributed by atoms with Gasteiger partial charge in [0.25, 0.3) is 5.71 Å². The SMILES string of the molecule is CC1=C(C)C2=[N+](C1)n1c(C)nnc1C(CC(=O)NCCCCCOCCCOCC(=O)N[C@H](C(=O)C1CC(O)C[C@H]1C(=O)CCc1ccc(-c3scnc3C)cc1)C(C)(C)C)N=C2c1ccc(C)cc1. The number of fused-ring (bicyclic) bond motifs is 2. The van der Waals surface area contributed by atoms with Crippen molar-refractivity contribution in [2.75, 3.05) is 39.5 Å². The number of nitrogens with zero attached hydrogens (tertiary/aromatic N) is 6. The van der Waals surface area contributed by atoms with Crippen LogP contribution in [0.1, 0.15) is 126 Å². The van der Waals surface area contributed by atoms with Crippen molar-refractivity contribution in [2.45, 2.75) is 131 Å². The van der Waals surface area contributed by atoms with Crippen molar-refractivity contribution in [2.24, 2.45) is 22.2 Å². The number of nitrogens with one attached hydrogen (secondary N) is 2. The van der Waals surface area contributed by atoms with Crippen LogP contribution in [0.3, 0.4) is 0 Å². The van der Waals surface area contributed by atoms with E-state index in [1.165, 1.54) is 11.1 Å². The summed E-state index contributed by atoms with van der Waals surface area (Å²) < 4.78 is 15.7. The molecule has 0 radical (unpaired) electrons. The number of hydrogen-bond donors (Lipinski definition) is 3. The second-order valence-electron chi connectivity index (χ2n) is 20.3. The number of aryl methyl sites for hydroxylation is 4. The zero-order valence-corrected chi connectivity index (χ0v) is 43.0. The van der Waals surface area contributed by atoms with Crippen LogP contribution in [0.25, 0.3) is 10.4 Å². The molecule has 0 spiro atoms. The smallest absolute Gasteiger partial charge is 0.259 e. The molecule has 3 N–H and O–H groups in total. The normalized spacial score (nSPS) is 19.4. The maximum Gasteiger partial charge on any atom is 0.259 e. The van der Waals surface area contributed by atoms with Gasteiger partial charge in [0.15, 0.2) is 18.2 Å². The van der Waals surface area contributed by atoms with E-state index in [2.05, 4.69) is 75.5 Å². The number of hydrogen-bond acceptors (Lipinski definition) is 12. The van der Waals surface area contributed by atoms with Gasteiger partial charge in [0, 0.05) is 68.3 Å². The van der Waals surface area contributed by atoms with Crippen molar-refractivity contribution < 1.29 is 38.4 Å². The van der Waals surface area contributed by atoms with Gasteiger partial charge in [-0.3, -0.25) is 24.2 Å². The Morgan fingerprint density at radius 1 is 0.857 bits per heavy atom. The molecule has 2 amide bonds. The maximum atomic E-state index is 14.1. The molecule has 3 aliphatic rings. The molecule has 3 unspecified atom stereocenters. The number of carbonyl (C=O) groups is 4. The second-order valence-corrected chi connectivity index (χ2v) is 21.1. The predicted octanol–water partition coefficient (Wildman–Crippen LogP) is 7.23. The number of rotatable bonds is 23. The van der Waals surface area contributed by atoms with E-state index in [0.717, 1.165) is 69.3 Å². The van der Waals surface area contributed by atoms with Crippen molar-refractivity contribution in [3.63, 3.8) is 0 Å². The molecule has 70 heavy (non-hydrogen) atoms. The third kappa shape index (κ3) is 12.9. The van der Waals surface area contributed by atoms with Crippen LogP contribution in [0, 0.1) is 38.0 Å². The number of unbranched alkanes of at least 4 members (excludes halogenated alkanes) is 2. The van der Waals surface area contributed by atoms with Gasteiger partial charge in [-0.25, -0.2) is 4.98 Å². The maximum absolute atomic E-state index is 14.1. The molecule has 4 heterocycles. The molecule has 0 bridgehead atoms. The van der Waals surface area contributed by atoms with Crippen LogP contribution in [0.4, 0.5) is 0 Å². The van der Waals surface area contributed by atoms with Crippen LogP contribution in [0.5, 0.6) is 0 Å². The highest BCUT2D eigenvalue weighted by molar-refractivity contribution is 7.13. The van der Waals surface area contributed by atoms with Crippen LogP contribution >= 0.6 is 11.3 Å². The van der Waals surface area contributed by atoms with Crippen LogP contribution < -0.4 is 10.6 Å². The van der Waals surface area contributed by atoms with E-state index in [-0.39, 0.29) is 49.8 Å². The molecule has 2 aromatic heterocycles. The second kappa shape index (κ2) is 23.6. The van der Waals surface area contributed by atoms with E-state index in [4.69, 9.17) is 14.5 Å². The molecular weight excluding hydrogens is 905 g/mol. The highest BCUT2D eigenvalue weighted by Gasteiger charge is 2.46. The van der Waals surface area contributed by atoms with E-state index >= 15 is 0 Å². The minimum Gasteiger partial charge on any atom is -0.393 e. The summed E-state index contributed by atoms with van der Waals surface area (Å²) in [4.78, 5) is 64.8. The monoisotopic (exact) mass is 976 g/mol. The van der Waals surface area contributed by atoms with Crippen molar-refractivity contribution in [3.05, 3.63) is 99.2 Å². The Balaban J connectivity index is 0.779. The van der Waals surface area contributed by atoms with Crippen molar-refractivity contribution in [1.29, 1.82) is 0 Å². The number of ether oxygens (including phenoxy) is 2. The lowest BCUT2D eigenvalue weighted by Crippen LogP contribution is -2.53. The Morgan fingerprint density at radius 2 is 1.56 bits per heavy atom. The third-order valence-electron chi connectivity index (χ3n) is 13.7. The topological polar surface area (TPSA) is 190 Å². The van der Waals surface area contributed by atoms with Gasteiger partial charge in [-0.2, -0.15) is 0 Å². The van der Waals surface area contributed by atoms with E-state index in [1.807, 2.05) is 69.1 Å². The summed E-state index contributed by atoms with van der Waals surface area (Å²) >= 11 is 1.60. The number of allylic oxidation sites excluding steroid dienone is 1. The van der Waals surface area contributed by atoms with Crippen LogP contribution in [0.2, 0.25) is 0 Å². The van der Waals surface area contributed by atoms with Gasteiger partial charge in [-0.15, -0.1) is 21.5 Å². The number of ketones is 2. The first-order valence-corrected chi connectivity index (χ1v) is 25.7. The minimum atomic E-state index is -0.849. The van der Waals surface area contributed by atoms with Gasteiger partial charge in [0.2, 0.25) is 17.6 Å². The molecule has 7 rings (SSSR count). The first kappa shape index (κ1) is 52.3. The molecule has 2 aromatic carbocycles. The van der Waals surface area contributed by atoms with E-state index < -0.39 is 41.3 Å². The molecule has 15 nitrogen and oxygen atoms in total. The quantitative estimate of drug-likeness (QED) is 0.0505.